The van der Waals surface area contributed by atoms with Gasteiger partial charge in [-0.2, -0.15) is 0 Å². The molecule has 0 aliphatic rings. The molecule has 0 saturated carbocycles. The Bertz CT molecular complexity index is 299. The lowest BCUT2D eigenvalue weighted by molar-refractivity contribution is -0.0711. The van der Waals surface area contributed by atoms with Crippen molar-refractivity contribution in [3.63, 3.8) is 0 Å². The number of hydrogen-bond donors (Lipinski definition) is 0. The molecule has 1 aromatic carbocycles. The summed E-state index contributed by atoms with van der Waals surface area (Å²) in [5.74, 6) is 1.34. The highest BCUT2D eigenvalue weighted by Crippen LogP contribution is 2.29. The van der Waals surface area contributed by atoms with Crippen molar-refractivity contribution in [1.82, 2.24) is 0 Å². The van der Waals surface area contributed by atoms with Gasteiger partial charge in [-0.3, -0.25) is 0 Å². The summed E-state index contributed by atoms with van der Waals surface area (Å²) in [4.78, 5) is 0. The third-order valence-electron chi connectivity index (χ3n) is 2.56. The van der Waals surface area contributed by atoms with Gasteiger partial charge >= 0.3 is 0 Å². The number of rotatable bonds is 8. The smallest absolute Gasteiger partial charge is 0.199 e. The van der Waals surface area contributed by atoms with Crippen molar-refractivity contribution in [2.45, 2.75) is 39.3 Å². The molecule has 18 heavy (non-hydrogen) atoms. The molecule has 0 fully saturated rings. The maximum absolute atomic E-state index is 5.73. The number of para-hydroxylation sites is 2. The molecule has 0 radical (unpaired) electrons. The Morgan fingerprint density at radius 3 is 1.50 bits per heavy atom. The molecule has 0 aromatic heterocycles. The first kappa shape index (κ1) is 14.8. The summed E-state index contributed by atoms with van der Waals surface area (Å²) < 4.78 is 21.9. The Labute approximate surface area is 109 Å². The van der Waals surface area contributed by atoms with Gasteiger partial charge in [0.2, 0.25) is 0 Å². The minimum absolute atomic E-state index is 0.266. The lowest BCUT2D eigenvalue weighted by Gasteiger charge is -2.21. The predicted octanol–water partition coefficient (Wildman–Crippen LogP) is 3.21. The van der Waals surface area contributed by atoms with Gasteiger partial charge in [-0.25, -0.2) is 0 Å². The highest BCUT2D eigenvalue weighted by molar-refractivity contribution is 5.39. The molecule has 2 atom stereocenters. The van der Waals surface area contributed by atoms with Gasteiger partial charge in [-0.1, -0.05) is 26.0 Å². The number of ether oxygens (including phenoxy) is 4. The zero-order chi connectivity index (χ0) is 13.4. The lowest BCUT2D eigenvalue weighted by atomic mass is 10.3. The van der Waals surface area contributed by atoms with E-state index in [-0.39, 0.29) is 12.6 Å². The Morgan fingerprint density at radius 2 is 1.22 bits per heavy atom. The van der Waals surface area contributed by atoms with E-state index in [1.54, 1.807) is 14.2 Å². The zero-order valence-corrected chi connectivity index (χ0v) is 11.5. The van der Waals surface area contributed by atoms with Gasteiger partial charge in [0.05, 0.1) is 0 Å². The van der Waals surface area contributed by atoms with Crippen LogP contribution in [0.4, 0.5) is 0 Å². The van der Waals surface area contributed by atoms with Crippen LogP contribution in [0, 0.1) is 0 Å². The largest absolute Gasteiger partial charge is 0.461 e. The standard InChI is InChI=1S/C14H22O4/c1-5-13(15-3)17-11-9-7-8-10-12(11)18-14(6-2)16-4/h7-10,13-14H,5-6H2,1-4H3. The van der Waals surface area contributed by atoms with E-state index >= 15 is 0 Å². The van der Waals surface area contributed by atoms with Gasteiger partial charge in [0, 0.05) is 27.1 Å². The first-order valence-electron chi connectivity index (χ1n) is 6.23. The molecule has 0 amide bonds. The van der Waals surface area contributed by atoms with Gasteiger partial charge in [0.25, 0.3) is 0 Å². The van der Waals surface area contributed by atoms with Crippen molar-refractivity contribution >= 4 is 0 Å². The molecule has 0 saturated heterocycles. The van der Waals surface area contributed by atoms with Crippen LogP contribution in [-0.2, 0) is 9.47 Å². The van der Waals surface area contributed by atoms with Gasteiger partial charge in [0.15, 0.2) is 24.1 Å². The van der Waals surface area contributed by atoms with E-state index in [1.165, 1.54) is 0 Å². The minimum Gasteiger partial charge on any atom is -0.461 e. The van der Waals surface area contributed by atoms with Crippen molar-refractivity contribution in [3.05, 3.63) is 24.3 Å². The average Bonchev–Trinajstić information content (AvgIpc) is 2.43. The summed E-state index contributed by atoms with van der Waals surface area (Å²) in [6, 6.07) is 7.52. The molecule has 4 nitrogen and oxygen atoms in total. The Kier molecular flexibility index (Phi) is 6.54. The normalized spacial score (nSPS) is 14.0. The summed E-state index contributed by atoms with van der Waals surface area (Å²) in [5, 5.41) is 0. The monoisotopic (exact) mass is 254 g/mol. The van der Waals surface area contributed by atoms with E-state index < -0.39 is 0 Å². The van der Waals surface area contributed by atoms with Crippen LogP contribution < -0.4 is 9.47 Å². The molecule has 0 heterocycles. The molecule has 0 aliphatic heterocycles. The summed E-state index contributed by atoms with van der Waals surface area (Å²) in [6.45, 7) is 4.00. The number of hydrogen-bond acceptors (Lipinski definition) is 4. The van der Waals surface area contributed by atoms with Crippen LogP contribution in [0.25, 0.3) is 0 Å². The summed E-state index contributed by atoms with van der Waals surface area (Å²) >= 11 is 0. The molecule has 0 aliphatic carbocycles. The summed E-state index contributed by atoms with van der Waals surface area (Å²) in [5.41, 5.74) is 0. The van der Waals surface area contributed by atoms with Crippen molar-refractivity contribution in [1.29, 1.82) is 0 Å². The molecular formula is C14H22O4. The molecular weight excluding hydrogens is 232 g/mol. The zero-order valence-electron chi connectivity index (χ0n) is 11.5. The molecule has 0 spiro atoms. The van der Waals surface area contributed by atoms with Crippen molar-refractivity contribution in [2.24, 2.45) is 0 Å². The highest BCUT2D eigenvalue weighted by Gasteiger charge is 2.13. The van der Waals surface area contributed by atoms with Crippen LogP contribution in [0.5, 0.6) is 11.5 Å². The Balaban J connectivity index is 2.78. The van der Waals surface area contributed by atoms with Crippen molar-refractivity contribution < 1.29 is 18.9 Å². The SMILES string of the molecule is CCC(OC)Oc1ccccc1OC(CC)OC. The average molecular weight is 254 g/mol. The van der Waals surface area contributed by atoms with Crippen LogP contribution in [0.1, 0.15) is 26.7 Å². The molecule has 1 rings (SSSR count). The van der Waals surface area contributed by atoms with Crippen LogP contribution in [0.2, 0.25) is 0 Å². The van der Waals surface area contributed by atoms with Crippen LogP contribution in [0.15, 0.2) is 24.3 Å². The van der Waals surface area contributed by atoms with Gasteiger partial charge in [-0.05, 0) is 12.1 Å². The van der Waals surface area contributed by atoms with E-state index in [0.717, 1.165) is 12.8 Å². The Hall–Kier alpha value is -1.26. The van der Waals surface area contributed by atoms with Gasteiger partial charge < -0.3 is 18.9 Å². The minimum atomic E-state index is -0.266. The first-order valence-corrected chi connectivity index (χ1v) is 6.23. The molecule has 0 N–H and O–H groups in total. The second kappa shape index (κ2) is 7.95. The molecule has 102 valence electrons. The van der Waals surface area contributed by atoms with E-state index in [2.05, 4.69) is 0 Å². The third-order valence-corrected chi connectivity index (χ3v) is 2.56. The van der Waals surface area contributed by atoms with Crippen LogP contribution in [-0.4, -0.2) is 26.8 Å². The molecule has 2 unspecified atom stereocenters. The molecule has 1 aromatic rings. The fraction of sp³-hybridized carbons (Fsp3) is 0.571. The second-order valence-electron chi connectivity index (χ2n) is 3.83. The number of benzene rings is 1. The predicted molar refractivity (Wildman–Crippen MR) is 69.9 cm³/mol. The first-order chi connectivity index (χ1) is 8.74. The fourth-order valence-corrected chi connectivity index (χ4v) is 1.52. The van der Waals surface area contributed by atoms with Crippen LogP contribution in [0.3, 0.4) is 0 Å². The van der Waals surface area contributed by atoms with Crippen LogP contribution >= 0.6 is 0 Å². The Morgan fingerprint density at radius 1 is 0.833 bits per heavy atom. The van der Waals surface area contributed by atoms with E-state index in [0.29, 0.717) is 11.5 Å². The van der Waals surface area contributed by atoms with E-state index in [9.17, 15) is 0 Å². The topological polar surface area (TPSA) is 36.9 Å². The van der Waals surface area contributed by atoms with Crippen molar-refractivity contribution in [2.75, 3.05) is 14.2 Å². The third kappa shape index (κ3) is 4.20. The fourth-order valence-electron chi connectivity index (χ4n) is 1.52. The molecule has 4 heteroatoms. The maximum Gasteiger partial charge on any atom is 0.199 e. The lowest BCUT2D eigenvalue weighted by Crippen LogP contribution is -2.20. The van der Waals surface area contributed by atoms with E-state index in [1.807, 2.05) is 38.1 Å². The highest BCUT2D eigenvalue weighted by atomic mass is 16.7. The van der Waals surface area contributed by atoms with Crippen molar-refractivity contribution in [3.8, 4) is 11.5 Å². The maximum atomic E-state index is 5.73. The second-order valence-corrected chi connectivity index (χ2v) is 3.83. The molecule has 0 bridgehead atoms. The van der Waals surface area contributed by atoms with Gasteiger partial charge in [-0.15, -0.1) is 0 Å². The van der Waals surface area contributed by atoms with E-state index in [4.69, 9.17) is 18.9 Å². The number of methoxy groups -OCH3 is 2. The van der Waals surface area contributed by atoms with Gasteiger partial charge in [0.1, 0.15) is 0 Å². The summed E-state index contributed by atoms with van der Waals surface area (Å²) in [7, 11) is 3.25. The summed E-state index contributed by atoms with van der Waals surface area (Å²) in [6.07, 6.45) is 1.01. The quantitative estimate of drug-likeness (QED) is 0.667.